The number of carbonyl (C=O) groups excluding carboxylic acids is 1. The Balaban J connectivity index is 1.92. The molecule has 1 N–H and O–H groups in total. The fourth-order valence-corrected chi connectivity index (χ4v) is 1.87. The van der Waals surface area contributed by atoms with E-state index in [0.29, 0.717) is 17.0 Å². The van der Waals surface area contributed by atoms with Crippen LogP contribution < -0.4 is 15.0 Å². The lowest BCUT2D eigenvalue weighted by atomic mass is 10.2. The third-order valence-electron chi connectivity index (χ3n) is 3.03. The van der Waals surface area contributed by atoms with Crippen LogP contribution in [0.25, 0.3) is 0 Å². The van der Waals surface area contributed by atoms with Crippen molar-refractivity contribution in [1.82, 2.24) is 0 Å². The molecular weight excluding hydrogens is 278 g/mol. The Morgan fingerprint density at radius 2 is 1.86 bits per heavy atom. The summed E-state index contributed by atoms with van der Waals surface area (Å²) in [6.45, 7) is -0.145. The van der Waals surface area contributed by atoms with Crippen LogP contribution in [0.2, 0.25) is 0 Å². The number of hydrogen-bond donors (Lipinski definition) is 1. The lowest BCUT2D eigenvalue weighted by molar-refractivity contribution is -0.118. The Kier molecular flexibility index (Phi) is 4.99. The highest BCUT2D eigenvalue weighted by Gasteiger charge is 2.07. The second-order valence-corrected chi connectivity index (χ2v) is 4.89. The molecule has 112 valence electrons. The summed E-state index contributed by atoms with van der Waals surface area (Å²) in [6, 6.07) is 16.3. The summed E-state index contributed by atoms with van der Waals surface area (Å²) >= 11 is 0. The second kappa shape index (κ2) is 7.14. The summed E-state index contributed by atoms with van der Waals surface area (Å²) in [5, 5.41) is 11.7. The highest BCUT2D eigenvalue weighted by molar-refractivity contribution is 5.92. The average Bonchev–Trinajstić information content (AvgIpc) is 2.53. The highest BCUT2D eigenvalue weighted by atomic mass is 16.5. The van der Waals surface area contributed by atoms with Gasteiger partial charge in [-0.1, -0.05) is 12.1 Å². The molecule has 0 atom stereocenters. The van der Waals surface area contributed by atoms with E-state index in [1.165, 1.54) is 0 Å². The summed E-state index contributed by atoms with van der Waals surface area (Å²) in [6.07, 6.45) is 0. The molecule has 0 spiro atoms. The van der Waals surface area contributed by atoms with E-state index in [1.54, 1.807) is 24.3 Å². The van der Waals surface area contributed by atoms with Crippen molar-refractivity contribution in [2.75, 3.05) is 30.9 Å². The monoisotopic (exact) mass is 295 g/mol. The number of rotatable bonds is 5. The lowest BCUT2D eigenvalue weighted by Gasteiger charge is -2.13. The van der Waals surface area contributed by atoms with E-state index in [2.05, 4.69) is 5.32 Å². The fourth-order valence-electron chi connectivity index (χ4n) is 1.87. The summed E-state index contributed by atoms with van der Waals surface area (Å²) < 4.78 is 5.38. The third kappa shape index (κ3) is 4.00. The van der Waals surface area contributed by atoms with Crippen LogP contribution in [0, 0.1) is 11.3 Å². The minimum absolute atomic E-state index is 0.145. The third-order valence-corrected chi connectivity index (χ3v) is 3.03. The van der Waals surface area contributed by atoms with Crippen molar-refractivity contribution in [3.8, 4) is 11.8 Å². The number of nitriles is 1. The average molecular weight is 295 g/mol. The molecule has 0 aliphatic heterocycles. The first-order chi connectivity index (χ1) is 10.6. The van der Waals surface area contributed by atoms with Gasteiger partial charge in [-0.2, -0.15) is 5.26 Å². The molecule has 0 fully saturated rings. The van der Waals surface area contributed by atoms with Crippen molar-refractivity contribution in [3.63, 3.8) is 0 Å². The minimum Gasteiger partial charge on any atom is -0.482 e. The van der Waals surface area contributed by atoms with Gasteiger partial charge >= 0.3 is 0 Å². The number of amides is 1. The number of para-hydroxylation sites is 1. The largest absolute Gasteiger partial charge is 0.482 e. The maximum Gasteiger partial charge on any atom is 0.262 e. The predicted octanol–water partition coefficient (Wildman–Crippen LogP) is 2.64. The SMILES string of the molecule is CN(C)c1ccc(NC(=O)COc2ccccc2C#N)cc1. The molecular formula is C17H17N3O2. The molecule has 0 heterocycles. The zero-order valence-corrected chi connectivity index (χ0v) is 12.5. The molecule has 2 rings (SSSR count). The number of anilines is 2. The number of benzene rings is 2. The van der Waals surface area contributed by atoms with Gasteiger partial charge in [0.2, 0.25) is 0 Å². The van der Waals surface area contributed by atoms with Crippen molar-refractivity contribution >= 4 is 17.3 Å². The molecule has 0 radical (unpaired) electrons. The summed E-state index contributed by atoms with van der Waals surface area (Å²) in [4.78, 5) is 13.9. The maximum atomic E-state index is 11.9. The van der Waals surface area contributed by atoms with E-state index in [9.17, 15) is 4.79 Å². The smallest absolute Gasteiger partial charge is 0.262 e. The Hall–Kier alpha value is -3.00. The molecule has 0 aliphatic rings. The zero-order chi connectivity index (χ0) is 15.9. The molecule has 0 unspecified atom stereocenters. The topological polar surface area (TPSA) is 65.4 Å². The van der Waals surface area contributed by atoms with Crippen LogP contribution in [-0.2, 0) is 4.79 Å². The molecule has 0 saturated heterocycles. The maximum absolute atomic E-state index is 11.9. The van der Waals surface area contributed by atoms with E-state index in [0.717, 1.165) is 5.69 Å². The molecule has 1 amide bonds. The molecule has 22 heavy (non-hydrogen) atoms. The molecule has 2 aromatic rings. The number of nitrogens with one attached hydrogen (secondary N) is 1. The van der Waals surface area contributed by atoms with E-state index in [1.807, 2.05) is 49.3 Å². The van der Waals surface area contributed by atoms with Gasteiger partial charge < -0.3 is 15.0 Å². The fraction of sp³-hybridized carbons (Fsp3) is 0.176. The Labute approximate surface area is 129 Å². The second-order valence-electron chi connectivity index (χ2n) is 4.89. The molecule has 5 heteroatoms. The number of hydrogen-bond acceptors (Lipinski definition) is 4. The van der Waals surface area contributed by atoms with Crippen LogP contribution in [0.5, 0.6) is 5.75 Å². The van der Waals surface area contributed by atoms with Gasteiger partial charge in [-0.3, -0.25) is 4.79 Å². The lowest BCUT2D eigenvalue weighted by Crippen LogP contribution is -2.20. The molecule has 5 nitrogen and oxygen atoms in total. The predicted molar refractivity (Wildman–Crippen MR) is 86.1 cm³/mol. The van der Waals surface area contributed by atoms with Gasteiger partial charge in [0.15, 0.2) is 6.61 Å². The van der Waals surface area contributed by atoms with E-state index in [-0.39, 0.29) is 12.5 Å². The van der Waals surface area contributed by atoms with Gasteiger partial charge in [0.1, 0.15) is 11.8 Å². The Bertz CT molecular complexity index is 688. The quantitative estimate of drug-likeness (QED) is 0.921. The number of carbonyl (C=O) groups is 1. The van der Waals surface area contributed by atoms with Gasteiger partial charge in [-0.25, -0.2) is 0 Å². The van der Waals surface area contributed by atoms with Crippen molar-refractivity contribution < 1.29 is 9.53 Å². The summed E-state index contributed by atoms with van der Waals surface area (Å²) in [5.41, 5.74) is 2.16. The van der Waals surface area contributed by atoms with Crippen LogP contribution in [0.4, 0.5) is 11.4 Å². The van der Waals surface area contributed by atoms with Crippen LogP contribution >= 0.6 is 0 Å². The first-order valence-electron chi connectivity index (χ1n) is 6.79. The van der Waals surface area contributed by atoms with Gasteiger partial charge in [-0.15, -0.1) is 0 Å². The van der Waals surface area contributed by atoms with Crippen LogP contribution in [-0.4, -0.2) is 26.6 Å². The van der Waals surface area contributed by atoms with Gasteiger partial charge in [0, 0.05) is 25.5 Å². The summed E-state index contributed by atoms with van der Waals surface area (Å²) in [7, 11) is 3.90. The van der Waals surface area contributed by atoms with E-state index < -0.39 is 0 Å². The molecule has 0 saturated carbocycles. The molecule has 0 aromatic heterocycles. The van der Waals surface area contributed by atoms with Crippen LogP contribution in [0.3, 0.4) is 0 Å². The number of ether oxygens (including phenoxy) is 1. The van der Waals surface area contributed by atoms with Crippen molar-refractivity contribution in [3.05, 3.63) is 54.1 Å². The van der Waals surface area contributed by atoms with Gasteiger partial charge in [-0.05, 0) is 36.4 Å². The van der Waals surface area contributed by atoms with E-state index >= 15 is 0 Å². The van der Waals surface area contributed by atoms with Crippen LogP contribution in [0.15, 0.2) is 48.5 Å². The minimum atomic E-state index is -0.273. The van der Waals surface area contributed by atoms with Gasteiger partial charge in [0.05, 0.1) is 5.56 Å². The van der Waals surface area contributed by atoms with Crippen LogP contribution in [0.1, 0.15) is 5.56 Å². The normalized spacial score (nSPS) is 9.68. The van der Waals surface area contributed by atoms with Crippen molar-refractivity contribution in [2.24, 2.45) is 0 Å². The number of nitrogens with zero attached hydrogens (tertiary/aromatic N) is 2. The zero-order valence-electron chi connectivity index (χ0n) is 12.5. The summed E-state index contributed by atoms with van der Waals surface area (Å²) in [5.74, 6) is 0.133. The van der Waals surface area contributed by atoms with E-state index in [4.69, 9.17) is 10.00 Å². The van der Waals surface area contributed by atoms with Gasteiger partial charge in [0.25, 0.3) is 5.91 Å². The first-order valence-corrected chi connectivity index (χ1v) is 6.79. The molecule has 0 bridgehead atoms. The van der Waals surface area contributed by atoms with Crippen molar-refractivity contribution in [2.45, 2.75) is 0 Å². The Morgan fingerprint density at radius 3 is 2.50 bits per heavy atom. The standard InChI is InChI=1S/C17H17N3O2/c1-20(2)15-9-7-14(8-10-15)19-17(21)12-22-16-6-4-3-5-13(16)11-18/h3-10H,12H2,1-2H3,(H,19,21). The first kappa shape index (κ1) is 15.4. The molecule has 2 aromatic carbocycles. The highest BCUT2D eigenvalue weighted by Crippen LogP contribution is 2.17. The molecule has 0 aliphatic carbocycles. The Morgan fingerprint density at radius 1 is 1.18 bits per heavy atom. The van der Waals surface area contributed by atoms with Crippen molar-refractivity contribution in [1.29, 1.82) is 5.26 Å².